The number of hydrogen-bond donors (Lipinski definition) is 3. The third kappa shape index (κ3) is 6.12. The van der Waals surface area contributed by atoms with Crippen molar-refractivity contribution in [2.45, 2.75) is 26.7 Å². The highest BCUT2D eigenvalue weighted by atomic mass is 16.2. The summed E-state index contributed by atoms with van der Waals surface area (Å²) in [6.07, 6.45) is 1.34. The van der Waals surface area contributed by atoms with Gasteiger partial charge in [-0.3, -0.25) is 4.79 Å². The normalized spacial score (nSPS) is 10.3. The van der Waals surface area contributed by atoms with Gasteiger partial charge in [0.2, 0.25) is 5.91 Å². The first-order valence-corrected chi connectivity index (χ1v) is 8.06. The van der Waals surface area contributed by atoms with Crippen LogP contribution in [0.5, 0.6) is 0 Å². The van der Waals surface area contributed by atoms with E-state index in [1.807, 2.05) is 30.3 Å². The zero-order chi connectivity index (χ0) is 17.4. The quantitative estimate of drug-likeness (QED) is 0.720. The number of benzene rings is 2. The van der Waals surface area contributed by atoms with Crippen LogP contribution >= 0.6 is 0 Å². The van der Waals surface area contributed by atoms with Crippen LogP contribution in [-0.4, -0.2) is 11.9 Å². The van der Waals surface area contributed by atoms with Crippen LogP contribution in [0, 0.1) is 5.92 Å². The molecule has 126 valence electrons. The Morgan fingerprint density at radius 2 is 1.42 bits per heavy atom. The molecule has 0 saturated carbocycles. The summed E-state index contributed by atoms with van der Waals surface area (Å²) in [7, 11) is 0. The van der Waals surface area contributed by atoms with Gasteiger partial charge >= 0.3 is 6.03 Å². The van der Waals surface area contributed by atoms with E-state index in [4.69, 9.17) is 0 Å². The Balaban J connectivity index is 1.90. The Hall–Kier alpha value is -2.82. The number of nitrogens with one attached hydrogen (secondary N) is 3. The van der Waals surface area contributed by atoms with Gasteiger partial charge in [-0.15, -0.1) is 0 Å². The molecule has 24 heavy (non-hydrogen) atoms. The van der Waals surface area contributed by atoms with Crippen LogP contribution in [0.2, 0.25) is 0 Å². The van der Waals surface area contributed by atoms with Crippen LogP contribution in [-0.2, 0) is 4.79 Å². The summed E-state index contributed by atoms with van der Waals surface area (Å²) in [6, 6.07) is 16.0. The number of carbonyl (C=O) groups is 2. The van der Waals surface area contributed by atoms with Crippen molar-refractivity contribution in [3.8, 4) is 0 Å². The van der Waals surface area contributed by atoms with E-state index < -0.39 is 0 Å². The fourth-order valence-electron chi connectivity index (χ4n) is 2.13. The first-order valence-electron chi connectivity index (χ1n) is 8.06. The monoisotopic (exact) mass is 325 g/mol. The van der Waals surface area contributed by atoms with Crippen LogP contribution in [0.4, 0.5) is 21.9 Å². The molecular weight excluding hydrogens is 302 g/mol. The Morgan fingerprint density at radius 1 is 0.833 bits per heavy atom. The van der Waals surface area contributed by atoms with E-state index in [0.29, 0.717) is 29.4 Å². The number of para-hydroxylation sites is 1. The lowest BCUT2D eigenvalue weighted by atomic mass is 10.1. The molecule has 0 atom stereocenters. The van der Waals surface area contributed by atoms with E-state index in [2.05, 4.69) is 29.8 Å². The smallest absolute Gasteiger partial charge is 0.323 e. The van der Waals surface area contributed by atoms with Gasteiger partial charge in [0, 0.05) is 23.5 Å². The van der Waals surface area contributed by atoms with Crippen molar-refractivity contribution in [3.05, 3.63) is 54.6 Å². The molecule has 0 heterocycles. The van der Waals surface area contributed by atoms with Crippen molar-refractivity contribution >= 4 is 29.0 Å². The lowest BCUT2D eigenvalue weighted by Crippen LogP contribution is -2.19. The highest BCUT2D eigenvalue weighted by molar-refractivity contribution is 6.00. The van der Waals surface area contributed by atoms with Crippen LogP contribution < -0.4 is 16.0 Å². The van der Waals surface area contributed by atoms with E-state index in [9.17, 15) is 9.59 Å². The largest absolute Gasteiger partial charge is 0.326 e. The molecule has 0 bridgehead atoms. The highest BCUT2D eigenvalue weighted by Gasteiger charge is 2.06. The zero-order valence-electron chi connectivity index (χ0n) is 14.0. The molecule has 0 saturated heterocycles. The predicted molar refractivity (Wildman–Crippen MR) is 98.2 cm³/mol. The minimum Gasteiger partial charge on any atom is -0.326 e. The van der Waals surface area contributed by atoms with Gasteiger partial charge in [0.05, 0.1) is 0 Å². The number of anilines is 3. The minimum absolute atomic E-state index is 0.0189. The Kier molecular flexibility index (Phi) is 6.37. The summed E-state index contributed by atoms with van der Waals surface area (Å²) >= 11 is 0. The molecule has 3 N–H and O–H groups in total. The summed E-state index contributed by atoms with van der Waals surface area (Å²) in [5.74, 6) is 0.472. The summed E-state index contributed by atoms with van der Waals surface area (Å²) in [6.45, 7) is 4.17. The van der Waals surface area contributed by atoms with Crippen molar-refractivity contribution in [2.24, 2.45) is 5.92 Å². The maximum atomic E-state index is 12.0. The SMILES string of the molecule is CC(C)CCC(=O)Nc1cccc(NC(=O)Nc2ccccc2)c1. The summed E-state index contributed by atoms with van der Waals surface area (Å²) < 4.78 is 0. The molecule has 0 aliphatic heterocycles. The highest BCUT2D eigenvalue weighted by Crippen LogP contribution is 2.16. The van der Waals surface area contributed by atoms with E-state index in [1.54, 1.807) is 24.3 Å². The second-order valence-electron chi connectivity index (χ2n) is 6.01. The minimum atomic E-state index is -0.329. The number of urea groups is 1. The van der Waals surface area contributed by atoms with Gasteiger partial charge in [0.1, 0.15) is 0 Å². The Morgan fingerprint density at radius 3 is 2.08 bits per heavy atom. The number of carbonyl (C=O) groups excluding carboxylic acids is 2. The molecule has 5 heteroatoms. The number of hydrogen-bond acceptors (Lipinski definition) is 2. The van der Waals surface area contributed by atoms with Gasteiger partial charge in [-0.25, -0.2) is 4.79 Å². The van der Waals surface area contributed by atoms with Crippen LogP contribution in [0.15, 0.2) is 54.6 Å². The lowest BCUT2D eigenvalue weighted by molar-refractivity contribution is -0.116. The third-order valence-electron chi connectivity index (χ3n) is 3.38. The molecule has 2 rings (SSSR count). The van der Waals surface area contributed by atoms with E-state index in [1.165, 1.54) is 0 Å². The third-order valence-corrected chi connectivity index (χ3v) is 3.38. The molecule has 2 aromatic rings. The lowest BCUT2D eigenvalue weighted by Gasteiger charge is -2.10. The molecule has 0 aromatic heterocycles. The van der Waals surface area contributed by atoms with Gasteiger partial charge in [0.25, 0.3) is 0 Å². The van der Waals surface area contributed by atoms with Gasteiger partial charge < -0.3 is 16.0 Å². The number of amides is 3. The fraction of sp³-hybridized carbons (Fsp3) is 0.263. The Labute approximate surface area is 142 Å². The molecule has 0 aliphatic rings. The number of rotatable bonds is 6. The molecule has 0 radical (unpaired) electrons. The molecule has 5 nitrogen and oxygen atoms in total. The van der Waals surface area contributed by atoms with Gasteiger partial charge in [-0.2, -0.15) is 0 Å². The molecule has 0 unspecified atom stereocenters. The second kappa shape index (κ2) is 8.72. The molecule has 2 aromatic carbocycles. The molecule has 3 amide bonds. The summed E-state index contributed by atoms with van der Waals surface area (Å²) in [5.41, 5.74) is 2.00. The van der Waals surface area contributed by atoms with Crippen molar-refractivity contribution < 1.29 is 9.59 Å². The first-order chi connectivity index (χ1) is 11.5. The van der Waals surface area contributed by atoms with Gasteiger partial charge in [-0.05, 0) is 42.7 Å². The summed E-state index contributed by atoms with van der Waals surface area (Å²) in [5, 5.41) is 8.35. The van der Waals surface area contributed by atoms with E-state index >= 15 is 0 Å². The van der Waals surface area contributed by atoms with Crippen LogP contribution in [0.25, 0.3) is 0 Å². The Bertz CT molecular complexity index is 684. The topological polar surface area (TPSA) is 70.2 Å². The molecule has 0 fully saturated rings. The van der Waals surface area contributed by atoms with Crippen molar-refractivity contribution in [1.29, 1.82) is 0 Å². The molecule has 0 spiro atoms. The van der Waals surface area contributed by atoms with Gasteiger partial charge in [0.15, 0.2) is 0 Å². The van der Waals surface area contributed by atoms with Crippen molar-refractivity contribution in [2.75, 3.05) is 16.0 Å². The standard InChI is InChI=1S/C19H23N3O2/c1-14(2)11-12-18(23)20-16-9-6-10-17(13-16)22-19(24)21-15-7-4-3-5-8-15/h3-10,13-14H,11-12H2,1-2H3,(H,20,23)(H2,21,22,24). The molecular formula is C19H23N3O2. The van der Waals surface area contributed by atoms with E-state index in [0.717, 1.165) is 6.42 Å². The maximum absolute atomic E-state index is 12.0. The first kappa shape index (κ1) is 17.5. The van der Waals surface area contributed by atoms with Crippen LogP contribution in [0.1, 0.15) is 26.7 Å². The molecule has 0 aliphatic carbocycles. The second-order valence-corrected chi connectivity index (χ2v) is 6.01. The maximum Gasteiger partial charge on any atom is 0.323 e. The van der Waals surface area contributed by atoms with Crippen molar-refractivity contribution in [1.82, 2.24) is 0 Å². The predicted octanol–water partition coefficient (Wildman–Crippen LogP) is 4.71. The average Bonchev–Trinajstić information content (AvgIpc) is 2.54. The van der Waals surface area contributed by atoms with Gasteiger partial charge in [-0.1, -0.05) is 38.1 Å². The van der Waals surface area contributed by atoms with E-state index in [-0.39, 0.29) is 11.9 Å². The van der Waals surface area contributed by atoms with Crippen molar-refractivity contribution in [3.63, 3.8) is 0 Å². The fourth-order valence-corrected chi connectivity index (χ4v) is 2.13. The zero-order valence-corrected chi connectivity index (χ0v) is 14.0. The summed E-state index contributed by atoms with van der Waals surface area (Å²) in [4.78, 5) is 23.9. The van der Waals surface area contributed by atoms with Crippen LogP contribution in [0.3, 0.4) is 0 Å². The average molecular weight is 325 g/mol.